The number of hydrogen-bond donors (Lipinski definition) is 1. The van der Waals surface area contributed by atoms with Gasteiger partial charge in [-0.2, -0.15) is 0 Å². The van der Waals surface area contributed by atoms with E-state index < -0.39 is 5.97 Å². The first kappa shape index (κ1) is 15.1. The van der Waals surface area contributed by atoms with Crippen molar-refractivity contribution in [3.05, 3.63) is 29.1 Å². The zero-order chi connectivity index (χ0) is 14.6. The Kier molecular flexibility index (Phi) is 5.03. The maximum Gasteiger partial charge on any atom is 0.323 e. The number of pyridine rings is 1. The topological polar surface area (TPSA) is 70.5 Å². The lowest BCUT2D eigenvalue weighted by molar-refractivity contribution is -0.138. The van der Waals surface area contributed by atoms with Crippen LogP contribution in [0.3, 0.4) is 0 Å². The normalized spacial score (nSPS) is 12.0. The van der Waals surface area contributed by atoms with Gasteiger partial charge in [-0.1, -0.05) is 6.92 Å². The number of aryl methyl sites for hydroxylation is 2. The molecule has 1 heterocycles. The Hall–Kier alpha value is -1.91. The van der Waals surface area contributed by atoms with Crippen molar-refractivity contribution in [2.75, 3.05) is 6.54 Å². The predicted octanol–water partition coefficient (Wildman–Crippen LogP) is 2.02. The molecule has 0 saturated heterocycles. The smallest absolute Gasteiger partial charge is 0.323 e. The van der Waals surface area contributed by atoms with E-state index in [0.29, 0.717) is 17.7 Å². The molecule has 0 aliphatic carbocycles. The van der Waals surface area contributed by atoms with Crippen LogP contribution in [0.2, 0.25) is 0 Å². The lowest BCUT2D eigenvalue weighted by Gasteiger charge is -2.27. The van der Waals surface area contributed by atoms with Crippen molar-refractivity contribution in [3.8, 4) is 0 Å². The van der Waals surface area contributed by atoms with E-state index in [0.717, 1.165) is 5.69 Å². The molecule has 19 heavy (non-hydrogen) atoms. The minimum atomic E-state index is -1.01. The summed E-state index contributed by atoms with van der Waals surface area (Å²) in [7, 11) is 0. The van der Waals surface area contributed by atoms with Gasteiger partial charge in [0.05, 0.1) is 11.3 Å². The summed E-state index contributed by atoms with van der Waals surface area (Å²) < 4.78 is 0. The highest BCUT2D eigenvalue weighted by Gasteiger charge is 2.24. The second kappa shape index (κ2) is 6.31. The third kappa shape index (κ3) is 3.77. The summed E-state index contributed by atoms with van der Waals surface area (Å²) in [4.78, 5) is 29.0. The number of aromatic nitrogens is 1. The third-order valence-electron chi connectivity index (χ3n) is 3.14. The van der Waals surface area contributed by atoms with Crippen molar-refractivity contribution in [2.45, 2.75) is 40.2 Å². The third-order valence-corrected chi connectivity index (χ3v) is 3.14. The summed E-state index contributed by atoms with van der Waals surface area (Å²) in [6.07, 6.45) is 0.706. The van der Waals surface area contributed by atoms with Gasteiger partial charge in [0.2, 0.25) is 0 Å². The molecule has 104 valence electrons. The van der Waals surface area contributed by atoms with E-state index in [1.165, 1.54) is 4.90 Å². The second-order valence-corrected chi connectivity index (χ2v) is 4.67. The fourth-order valence-corrected chi connectivity index (χ4v) is 1.86. The number of nitrogens with zero attached hydrogens (tertiary/aromatic N) is 2. The maximum atomic E-state index is 12.4. The Morgan fingerprint density at radius 3 is 2.47 bits per heavy atom. The fraction of sp³-hybridized carbons (Fsp3) is 0.500. The van der Waals surface area contributed by atoms with Crippen molar-refractivity contribution in [3.63, 3.8) is 0 Å². The maximum absolute atomic E-state index is 12.4. The molecular weight excluding hydrogens is 244 g/mol. The summed E-state index contributed by atoms with van der Waals surface area (Å²) in [5, 5.41) is 8.93. The molecule has 1 N–H and O–H groups in total. The molecule has 0 bridgehead atoms. The van der Waals surface area contributed by atoms with Gasteiger partial charge in [0.1, 0.15) is 6.54 Å². The predicted molar refractivity (Wildman–Crippen MR) is 72.1 cm³/mol. The summed E-state index contributed by atoms with van der Waals surface area (Å²) in [5.74, 6) is -1.28. The van der Waals surface area contributed by atoms with Gasteiger partial charge in [0, 0.05) is 11.7 Å². The van der Waals surface area contributed by atoms with Crippen molar-refractivity contribution < 1.29 is 14.7 Å². The van der Waals surface area contributed by atoms with Gasteiger partial charge < -0.3 is 10.0 Å². The SMILES string of the molecule is CCC(C)N(CC(=O)O)C(=O)c1ccc(C)nc1C. The van der Waals surface area contributed by atoms with Crippen molar-refractivity contribution in [1.82, 2.24) is 9.88 Å². The number of carbonyl (C=O) groups is 2. The fourth-order valence-electron chi connectivity index (χ4n) is 1.86. The van der Waals surface area contributed by atoms with Crippen LogP contribution in [-0.4, -0.2) is 39.5 Å². The minimum Gasteiger partial charge on any atom is -0.480 e. The number of rotatable bonds is 5. The Morgan fingerprint density at radius 1 is 1.37 bits per heavy atom. The van der Waals surface area contributed by atoms with Gasteiger partial charge in [-0.3, -0.25) is 14.6 Å². The van der Waals surface area contributed by atoms with Crippen molar-refractivity contribution >= 4 is 11.9 Å². The lowest BCUT2D eigenvalue weighted by atomic mass is 10.1. The van der Waals surface area contributed by atoms with E-state index in [4.69, 9.17) is 5.11 Å². The molecule has 1 atom stereocenters. The molecule has 0 aliphatic rings. The van der Waals surface area contributed by atoms with E-state index in [1.807, 2.05) is 20.8 Å². The van der Waals surface area contributed by atoms with E-state index in [-0.39, 0.29) is 18.5 Å². The molecule has 1 unspecified atom stereocenters. The molecule has 0 radical (unpaired) electrons. The number of aliphatic carboxylic acids is 1. The molecule has 1 aromatic heterocycles. The number of hydrogen-bond acceptors (Lipinski definition) is 3. The average Bonchev–Trinajstić information content (AvgIpc) is 2.34. The molecule has 0 saturated carbocycles. The number of carboxylic acids is 1. The minimum absolute atomic E-state index is 0.121. The summed E-state index contributed by atoms with van der Waals surface area (Å²) in [6, 6.07) is 3.34. The zero-order valence-electron chi connectivity index (χ0n) is 11.8. The van der Waals surface area contributed by atoms with Crippen molar-refractivity contribution in [1.29, 1.82) is 0 Å². The van der Waals surface area contributed by atoms with Crippen LogP contribution in [-0.2, 0) is 4.79 Å². The van der Waals surface area contributed by atoms with Gasteiger partial charge >= 0.3 is 5.97 Å². The Morgan fingerprint density at radius 2 is 2.00 bits per heavy atom. The Balaban J connectivity index is 3.08. The first-order valence-corrected chi connectivity index (χ1v) is 6.33. The first-order chi connectivity index (χ1) is 8.86. The molecule has 1 aromatic rings. The van der Waals surface area contributed by atoms with Crippen LogP contribution in [0.4, 0.5) is 0 Å². The number of amides is 1. The molecule has 5 heteroatoms. The van der Waals surface area contributed by atoms with Gasteiger partial charge in [0.25, 0.3) is 5.91 Å². The standard InChI is InChI=1S/C14H20N2O3/c1-5-10(3)16(8-13(17)18)14(19)12-7-6-9(2)15-11(12)4/h6-7,10H,5,8H2,1-4H3,(H,17,18). The van der Waals surface area contributed by atoms with Crippen LogP contribution >= 0.6 is 0 Å². The van der Waals surface area contributed by atoms with Gasteiger partial charge in [0.15, 0.2) is 0 Å². The number of carboxylic acid groups (broad SMARTS) is 1. The molecule has 0 aliphatic heterocycles. The summed E-state index contributed by atoms with van der Waals surface area (Å²) >= 11 is 0. The van der Waals surface area contributed by atoms with Gasteiger partial charge in [-0.25, -0.2) is 0 Å². The Bertz CT molecular complexity index is 486. The van der Waals surface area contributed by atoms with Crippen LogP contribution in [0.15, 0.2) is 12.1 Å². The van der Waals surface area contributed by atoms with Crippen LogP contribution in [0.5, 0.6) is 0 Å². The van der Waals surface area contributed by atoms with Crippen LogP contribution in [0.1, 0.15) is 42.0 Å². The molecule has 0 fully saturated rings. The van der Waals surface area contributed by atoms with E-state index in [9.17, 15) is 9.59 Å². The first-order valence-electron chi connectivity index (χ1n) is 6.33. The highest BCUT2D eigenvalue weighted by molar-refractivity contribution is 5.96. The van der Waals surface area contributed by atoms with Gasteiger partial charge in [-0.05, 0) is 39.3 Å². The second-order valence-electron chi connectivity index (χ2n) is 4.67. The monoisotopic (exact) mass is 264 g/mol. The van der Waals surface area contributed by atoms with Crippen LogP contribution < -0.4 is 0 Å². The van der Waals surface area contributed by atoms with Crippen LogP contribution in [0, 0.1) is 13.8 Å². The summed E-state index contributed by atoms with van der Waals surface area (Å²) in [5.41, 5.74) is 1.93. The average molecular weight is 264 g/mol. The van der Waals surface area contributed by atoms with E-state index >= 15 is 0 Å². The molecule has 1 rings (SSSR count). The summed E-state index contributed by atoms with van der Waals surface area (Å²) in [6.45, 7) is 7.09. The number of carbonyl (C=O) groups excluding carboxylic acids is 1. The molecule has 0 aromatic carbocycles. The highest BCUT2D eigenvalue weighted by Crippen LogP contribution is 2.13. The van der Waals surface area contributed by atoms with E-state index in [2.05, 4.69) is 4.98 Å². The van der Waals surface area contributed by atoms with Crippen molar-refractivity contribution in [2.24, 2.45) is 0 Å². The van der Waals surface area contributed by atoms with Crippen LogP contribution in [0.25, 0.3) is 0 Å². The molecule has 5 nitrogen and oxygen atoms in total. The van der Waals surface area contributed by atoms with Gasteiger partial charge in [-0.15, -0.1) is 0 Å². The lowest BCUT2D eigenvalue weighted by Crippen LogP contribution is -2.42. The molecular formula is C14H20N2O3. The molecule has 0 spiro atoms. The molecule has 1 amide bonds. The largest absolute Gasteiger partial charge is 0.480 e. The Labute approximate surface area is 113 Å². The highest BCUT2D eigenvalue weighted by atomic mass is 16.4. The van der Waals surface area contributed by atoms with E-state index in [1.54, 1.807) is 19.1 Å². The quantitative estimate of drug-likeness (QED) is 0.883. The zero-order valence-corrected chi connectivity index (χ0v) is 11.8.